The van der Waals surface area contributed by atoms with Gasteiger partial charge in [-0.1, -0.05) is 29.4 Å². The van der Waals surface area contributed by atoms with Crippen molar-refractivity contribution in [3.63, 3.8) is 0 Å². The number of carbonyl (C=O) groups excluding carboxylic acids is 1. The SMILES string of the molecule is CC(C)=CCCC1(C)C=Cc2c(O)c3c(c(CC=C(C)C)c2O1)OC12C(CC4CC1C(C)(C)OC2(C/C=C(/C)C(=O)O)C4)C3=O. The van der Waals surface area contributed by atoms with Crippen LogP contribution in [0.15, 0.2) is 41.0 Å². The smallest absolute Gasteiger partial charge is 0.330 e. The lowest BCUT2D eigenvalue weighted by atomic mass is 9.47. The van der Waals surface area contributed by atoms with Crippen LogP contribution in [0, 0.1) is 17.8 Å². The fourth-order valence-corrected chi connectivity index (χ4v) is 9.03. The lowest BCUT2D eigenvalue weighted by molar-refractivity contribution is -0.199. The van der Waals surface area contributed by atoms with Gasteiger partial charge in [0.25, 0.3) is 0 Å². The molecular weight excluding hydrogens is 568 g/mol. The largest absolute Gasteiger partial charge is 0.506 e. The third kappa shape index (κ3) is 4.79. The van der Waals surface area contributed by atoms with E-state index in [1.165, 1.54) is 5.57 Å². The van der Waals surface area contributed by atoms with Crippen molar-refractivity contribution in [3.05, 3.63) is 57.7 Å². The molecule has 3 aliphatic heterocycles. The third-order valence-electron chi connectivity index (χ3n) is 11.1. The summed E-state index contributed by atoms with van der Waals surface area (Å²) in [6.07, 6.45) is 14.6. The molecule has 1 aromatic carbocycles. The number of allylic oxidation sites excluding steroid dienone is 4. The molecule has 1 saturated heterocycles. The van der Waals surface area contributed by atoms with E-state index in [1.54, 1.807) is 13.0 Å². The molecule has 0 radical (unpaired) electrons. The summed E-state index contributed by atoms with van der Waals surface area (Å²) in [6, 6.07) is 0. The van der Waals surface area contributed by atoms with Gasteiger partial charge in [-0.05, 0) is 118 Å². The molecule has 1 spiro atoms. The number of fused-ring (bicyclic) bond motifs is 2. The number of carboxylic acids is 1. The molecule has 3 saturated carbocycles. The Morgan fingerprint density at radius 1 is 1.00 bits per heavy atom. The van der Waals surface area contributed by atoms with Gasteiger partial charge in [0.1, 0.15) is 34.0 Å². The van der Waals surface area contributed by atoms with Crippen LogP contribution in [0.1, 0.15) is 115 Å². The minimum Gasteiger partial charge on any atom is -0.506 e. The number of phenols is 1. The van der Waals surface area contributed by atoms with E-state index in [1.807, 2.05) is 26.0 Å². The van der Waals surface area contributed by atoms with E-state index < -0.39 is 34.3 Å². The second-order valence-electron chi connectivity index (χ2n) is 15.3. The second-order valence-corrected chi connectivity index (χ2v) is 15.3. The Morgan fingerprint density at radius 2 is 1.71 bits per heavy atom. The van der Waals surface area contributed by atoms with Crippen LogP contribution >= 0.6 is 0 Å². The van der Waals surface area contributed by atoms with Crippen LogP contribution in [0.2, 0.25) is 0 Å². The minimum atomic E-state index is -0.998. The molecule has 242 valence electrons. The number of benzene rings is 1. The van der Waals surface area contributed by atoms with Gasteiger partial charge in [-0.2, -0.15) is 0 Å². The van der Waals surface area contributed by atoms with Gasteiger partial charge < -0.3 is 24.4 Å². The lowest BCUT2D eigenvalue weighted by Gasteiger charge is -2.61. The van der Waals surface area contributed by atoms with Crippen molar-refractivity contribution in [1.82, 2.24) is 0 Å². The predicted molar refractivity (Wildman–Crippen MR) is 174 cm³/mol. The van der Waals surface area contributed by atoms with Gasteiger partial charge in [-0.15, -0.1) is 0 Å². The van der Waals surface area contributed by atoms with E-state index in [4.69, 9.17) is 14.2 Å². The first-order valence-corrected chi connectivity index (χ1v) is 16.4. The normalized spacial score (nSPS) is 33.4. The van der Waals surface area contributed by atoms with Crippen molar-refractivity contribution in [1.29, 1.82) is 0 Å². The van der Waals surface area contributed by atoms with Crippen molar-refractivity contribution >= 4 is 17.8 Å². The summed E-state index contributed by atoms with van der Waals surface area (Å²) < 4.78 is 21.2. The van der Waals surface area contributed by atoms with Gasteiger partial charge in [0.05, 0.1) is 17.1 Å². The highest BCUT2D eigenvalue weighted by Crippen LogP contribution is 2.71. The van der Waals surface area contributed by atoms with Gasteiger partial charge in [0.2, 0.25) is 0 Å². The zero-order valence-electron chi connectivity index (χ0n) is 28.0. The number of Topliss-reactive ketones (excluding diaryl/α,β-unsaturated/α-hetero) is 1. The Kier molecular flexibility index (Phi) is 7.47. The number of ketones is 1. The van der Waals surface area contributed by atoms with Crippen LogP contribution in [0.5, 0.6) is 17.2 Å². The highest BCUT2D eigenvalue weighted by molar-refractivity contribution is 6.07. The summed E-state index contributed by atoms with van der Waals surface area (Å²) in [6.45, 7) is 16.0. The van der Waals surface area contributed by atoms with Crippen molar-refractivity contribution in [2.45, 2.75) is 123 Å². The highest BCUT2D eigenvalue weighted by atomic mass is 16.6. The highest BCUT2D eigenvalue weighted by Gasteiger charge is 2.80. The fraction of sp³-hybridized carbons (Fsp3) is 0.579. The molecule has 3 aliphatic carbocycles. The van der Waals surface area contributed by atoms with E-state index in [0.717, 1.165) is 30.4 Å². The maximum atomic E-state index is 14.8. The Labute approximate surface area is 267 Å². The summed E-state index contributed by atoms with van der Waals surface area (Å²) in [5, 5.41) is 21.5. The average Bonchev–Trinajstić information content (AvgIpc) is 3.05. The zero-order chi connectivity index (χ0) is 32.7. The van der Waals surface area contributed by atoms with Crippen LogP contribution in [0.3, 0.4) is 0 Å². The molecule has 0 aromatic heterocycles. The topological polar surface area (TPSA) is 102 Å². The number of hydrogen-bond acceptors (Lipinski definition) is 6. The molecule has 2 N–H and O–H groups in total. The van der Waals surface area contributed by atoms with Crippen molar-refractivity contribution in [3.8, 4) is 17.2 Å². The number of aromatic hydroxyl groups is 1. The van der Waals surface area contributed by atoms with Gasteiger partial charge >= 0.3 is 5.97 Å². The number of rotatable bonds is 8. The zero-order valence-corrected chi connectivity index (χ0v) is 28.0. The molecule has 7 nitrogen and oxygen atoms in total. The number of carbonyl (C=O) groups is 2. The molecule has 7 rings (SSSR count). The summed E-state index contributed by atoms with van der Waals surface area (Å²) >= 11 is 0. The van der Waals surface area contributed by atoms with Gasteiger partial charge in [0.15, 0.2) is 11.4 Å². The van der Waals surface area contributed by atoms with Crippen LogP contribution in [0.25, 0.3) is 6.08 Å². The Morgan fingerprint density at radius 3 is 2.38 bits per heavy atom. The number of hydrogen-bond donors (Lipinski definition) is 2. The fourth-order valence-electron chi connectivity index (χ4n) is 9.03. The quantitative estimate of drug-likeness (QED) is 0.225. The number of carboxylic acid groups (broad SMARTS) is 1. The van der Waals surface area contributed by atoms with Crippen LogP contribution in [0.4, 0.5) is 0 Å². The molecule has 1 aromatic rings. The summed E-state index contributed by atoms with van der Waals surface area (Å²) in [7, 11) is 0. The van der Waals surface area contributed by atoms with Crippen molar-refractivity contribution in [2.24, 2.45) is 17.8 Å². The van der Waals surface area contributed by atoms with Crippen LogP contribution in [-0.4, -0.2) is 44.4 Å². The Hall–Kier alpha value is -3.32. The van der Waals surface area contributed by atoms with Crippen LogP contribution < -0.4 is 9.47 Å². The van der Waals surface area contributed by atoms with E-state index >= 15 is 0 Å². The maximum Gasteiger partial charge on any atom is 0.330 e. The monoisotopic (exact) mass is 616 g/mol. The predicted octanol–water partition coefficient (Wildman–Crippen LogP) is 8.14. The molecule has 3 heterocycles. The molecule has 6 unspecified atom stereocenters. The minimum absolute atomic E-state index is 0.0808. The average molecular weight is 617 g/mol. The molecule has 45 heavy (non-hydrogen) atoms. The van der Waals surface area contributed by atoms with Gasteiger partial charge in [-0.3, -0.25) is 4.79 Å². The number of aliphatic carboxylic acids is 1. The lowest BCUT2D eigenvalue weighted by Crippen LogP contribution is -2.72. The van der Waals surface area contributed by atoms with Crippen LogP contribution in [-0.2, 0) is 16.0 Å². The van der Waals surface area contributed by atoms with Gasteiger partial charge in [-0.25, -0.2) is 4.79 Å². The molecule has 6 aliphatic rings. The molecule has 4 bridgehead atoms. The first-order valence-electron chi connectivity index (χ1n) is 16.4. The van der Waals surface area contributed by atoms with E-state index in [9.17, 15) is 19.8 Å². The van der Waals surface area contributed by atoms with Gasteiger partial charge in [0, 0.05) is 17.1 Å². The molecule has 6 atom stereocenters. The van der Waals surface area contributed by atoms with E-state index in [0.29, 0.717) is 42.7 Å². The molecule has 4 fully saturated rings. The number of ether oxygens (including phenoxy) is 3. The second kappa shape index (κ2) is 10.6. The van der Waals surface area contributed by atoms with E-state index in [2.05, 4.69) is 46.8 Å². The summed E-state index contributed by atoms with van der Waals surface area (Å²) in [4.78, 5) is 26.6. The summed E-state index contributed by atoms with van der Waals surface area (Å²) in [5.74, 6) is -0.574. The van der Waals surface area contributed by atoms with Crippen molar-refractivity contribution < 1.29 is 34.0 Å². The standard InChI is InChI=1S/C38H48O7/c1-21(2)10-9-15-36(8)16-14-25-30(39)29-31(40)27-18-24-19-28-35(6,7)45-37(20-24,17-13-23(5)34(41)42)38(27,28)44-33(29)26(32(25)43-36)12-11-22(3)4/h10-11,13-14,16,24,27-28,39H,9,12,15,17-20H2,1-8H3,(H,41,42)/b23-13-. The molecule has 7 heteroatoms. The maximum absolute atomic E-state index is 14.8. The molecule has 0 amide bonds. The first kappa shape index (κ1) is 31.7. The number of phenolic OH excluding ortho intramolecular Hbond substituents is 1. The van der Waals surface area contributed by atoms with Crippen molar-refractivity contribution in [2.75, 3.05) is 0 Å². The molecular formula is C38H48O7. The summed E-state index contributed by atoms with van der Waals surface area (Å²) in [5.41, 5.74) is 1.06. The van der Waals surface area contributed by atoms with E-state index in [-0.39, 0.29) is 34.5 Å². The Balaban J connectivity index is 1.55. The Bertz CT molecular complexity index is 1580. The third-order valence-corrected chi connectivity index (χ3v) is 11.1. The first-order chi connectivity index (χ1) is 21.0.